The molecule has 0 nitrogen and oxygen atoms in total. The topological polar surface area (TPSA) is 0 Å². The van der Waals surface area contributed by atoms with E-state index in [1.165, 1.54) is 24.8 Å². The van der Waals surface area contributed by atoms with Crippen LogP contribution in [0.15, 0.2) is 36.5 Å². The molecule has 0 aromatic heterocycles. The fourth-order valence-corrected chi connectivity index (χ4v) is 1.87. The molecule has 0 aromatic rings. The van der Waals surface area contributed by atoms with Gasteiger partial charge in [-0.3, -0.25) is 0 Å². The van der Waals surface area contributed by atoms with Gasteiger partial charge in [-0.15, -0.1) is 6.58 Å². The van der Waals surface area contributed by atoms with Crippen LogP contribution in [0.4, 0.5) is 0 Å². The van der Waals surface area contributed by atoms with Crippen LogP contribution in [0, 0.1) is 11.8 Å². The Kier molecular flexibility index (Phi) is 8.08. The van der Waals surface area contributed by atoms with Gasteiger partial charge in [0.15, 0.2) is 0 Å². The van der Waals surface area contributed by atoms with Gasteiger partial charge >= 0.3 is 0 Å². The van der Waals surface area contributed by atoms with Gasteiger partial charge in [0.25, 0.3) is 0 Å². The summed E-state index contributed by atoms with van der Waals surface area (Å²) in [6.07, 6.45) is 12.4. The monoisotopic (exact) mass is 206 g/mol. The maximum absolute atomic E-state index is 3.91. The van der Waals surface area contributed by atoms with Crippen molar-refractivity contribution in [2.24, 2.45) is 11.8 Å². The molecule has 0 heteroatoms. The van der Waals surface area contributed by atoms with Crippen molar-refractivity contribution >= 4 is 0 Å². The van der Waals surface area contributed by atoms with E-state index in [2.05, 4.69) is 58.6 Å². The lowest BCUT2D eigenvalue weighted by molar-refractivity contribution is 0.482. The second-order valence-electron chi connectivity index (χ2n) is 4.08. The highest BCUT2D eigenvalue weighted by molar-refractivity contribution is 5.22. The van der Waals surface area contributed by atoms with Crippen LogP contribution < -0.4 is 0 Å². The zero-order valence-electron chi connectivity index (χ0n) is 10.8. The zero-order chi connectivity index (χ0) is 11.7. The van der Waals surface area contributed by atoms with E-state index in [-0.39, 0.29) is 0 Å². The van der Waals surface area contributed by atoms with E-state index in [0.29, 0.717) is 11.8 Å². The van der Waals surface area contributed by atoms with Crippen molar-refractivity contribution in [1.29, 1.82) is 0 Å². The predicted octanol–water partition coefficient (Wildman–Crippen LogP) is 5.14. The average Bonchev–Trinajstić information content (AvgIpc) is 2.26. The Morgan fingerprint density at radius 2 is 2.00 bits per heavy atom. The van der Waals surface area contributed by atoms with E-state index in [9.17, 15) is 0 Å². The quantitative estimate of drug-likeness (QED) is 0.400. The minimum absolute atomic E-state index is 0.589. The highest BCUT2D eigenvalue weighted by Gasteiger charge is 2.13. The molecule has 0 rings (SSSR count). The molecule has 0 aromatic carbocycles. The van der Waals surface area contributed by atoms with Crippen LogP contribution >= 0.6 is 0 Å². The van der Waals surface area contributed by atoms with Gasteiger partial charge in [0.2, 0.25) is 0 Å². The maximum atomic E-state index is 3.91. The molecule has 0 aliphatic rings. The van der Waals surface area contributed by atoms with Crippen molar-refractivity contribution in [1.82, 2.24) is 0 Å². The first-order valence-corrected chi connectivity index (χ1v) is 6.16. The molecule has 0 N–H and O–H groups in total. The normalized spacial score (nSPS) is 16.7. The standard InChI is InChI=1S/C15H26/c1-6-10-11-12-15(9-4)13(5)14(7-2)8-3/h7,9,11-14H,2,6,8,10H2,1,3-5H3. The molecule has 0 aliphatic heterocycles. The second kappa shape index (κ2) is 8.52. The Morgan fingerprint density at radius 3 is 2.40 bits per heavy atom. The Hall–Kier alpha value is -0.780. The number of allylic oxidation sites excluding steroid dienone is 5. The van der Waals surface area contributed by atoms with Crippen LogP contribution in [0.2, 0.25) is 0 Å². The molecule has 0 fully saturated rings. The Labute approximate surface area is 95.8 Å². The van der Waals surface area contributed by atoms with Crippen LogP contribution in [-0.2, 0) is 0 Å². The molecule has 2 atom stereocenters. The zero-order valence-corrected chi connectivity index (χ0v) is 10.8. The van der Waals surface area contributed by atoms with Crippen molar-refractivity contribution in [2.75, 3.05) is 0 Å². The lowest BCUT2D eigenvalue weighted by Gasteiger charge is -2.20. The lowest BCUT2D eigenvalue weighted by Crippen LogP contribution is -2.09. The summed E-state index contributed by atoms with van der Waals surface area (Å²) in [6, 6.07) is 0. The summed E-state index contributed by atoms with van der Waals surface area (Å²) >= 11 is 0. The van der Waals surface area contributed by atoms with E-state index in [1.807, 2.05) is 0 Å². The van der Waals surface area contributed by atoms with Crippen LogP contribution in [0.25, 0.3) is 0 Å². The fraction of sp³-hybridized carbons (Fsp3) is 0.600. The van der Waals surface area contributed by atoms with Gasteiger partial charge in [-0.05, 0) is 37.2 Å². The van der Waals surface area contributed by atoms with Crippen molar-refractivity contribution in [3.63, 3.8) is 0 Å². The third-order valence-corrected chi connectivity index (χ3v) is 3.04. The summed E-state index contributed by atoms with van der Waals surface area (Å²) in [5.41, 5.74) is 1.44. The third-order valence-electron chi connectivity index (χ3n) is 3.04. The smallest absolute Gasteiger partial charge is 0.0131 e. The van der Waals surface area contributed by atoms with E-state index in [1.54, 1.807) is 0 Å². The van der Waals surface area contributed by atoms with Crippen LogP contribution in [-0.4, -0.2) is 0 Å². The summed E-state index contributed by atoms with van der Waals surface area (Å²) < 4.78 is 0. The van der Waals surface area contributed by atoms with E-state index in [0.717, 1.165) is 0 Å². The van der Waals surface area contributed by atoms with Crippen LogP contribution in [0.1, 0.15) is 47.0 Å². The van der Waals surface area contributed by atoms with Gasteiger partial charge in [0, 0.05) is 0 Å². The highest BCUT2D eigenvalue weighted by atomic mass is 14.2. The first kappa shape index (κ1) is 14.2. The van der Waals surface area contributed by atoms with Crippen molar-refractivity contribution in [3.05, 3.63) is 36.5 Å². The Morgan fingerprint density at radius 1 is 1.33 bits per heavy atom. The van der Waals surface area contributed by atoms with Crippen molar-refractivity contribution < 1.29 is 0 Å². The molecule has 0 radical (unpaired) electrons. The minimum Gasteiger partial charge on any atom is -0.103 e. The predicted molar refractivity (Wildman–Crippen MR) is 70.9 cm³/mol. The molecule has 0 heterocycles. The molecule has 0 spiro atoms. The number of unbranched alkanes of at least 4 members (excludes halogenated alkanes) is 1. The van der Waals surface area contributed by atoms with Gasteiger partial charge in [-0.25, -0.2) is 0 Å². The first-order chi connectivity index (χ1) is 7.21. The first-order valence-electron chi connectivity index (χ1n) is 6.16. The largest absolute Gasteiger partial charge is 0.103 e. The van der Waals surface area contributed by atoms with Gasteiger partial charge in [-0.1, -0.05) is 51.5 Å². The molecule has 0 amide bonds. The molecule has 0 bridgehead atoms. The number of hydrogen-bond acceptors (Lipinski definition) is 0. The molecular weight excluding hydrogens is 180 g/mol. The van der Waals surface area contributed by atoms with Crippen LogP contribution in [0.3, 0.4) is 0 Å². The van der Waals surface area contributed by atoms with E-state index < -0.39 is 0 Å². The van der Waals surface area contributed by atoms with E-state index >= 15 is 0 Å². The van der Waals surface area contributed by atoms with Gasteiger partial charge < -0.3 is 0 Å². The van der Waals surface area contributed by atoms with Gasteiger partial charge in [-0.2, -0.15) is 0 Å². The maximum Gasteiger partial charge on any atom is -0.0131 e. The summed E-state index contributed by atoms with van der Waals surface area (Å²) in [7, 11) is 0. The summed E-state index contributed by atoms with van der Waals surface area (Å²) in [5, 5.41) is 0. The SMILES string of the molecule is C=CC(CC)C(C)C(C=CCCC)=CC. The fourth-order valence-electron chi connectivity index (χ4n) is 1.87. The van der Waals surface area contributed by atoms with Crippen LogP contribution in [0.5, 0.6) is 0 Å². The number of hydrogen-bond donors (Lipinski definition) is 0. The van der Waals surface area contributed by atoms with Gasteiger partial charge in [0.05, 0.1) is 0 Å². The molecule has 86 valence electrons. The molecular formula is C15H26. The third kappa shape index (κ3) is 5.01. The van der Waals surface area contributed by atoms with Crippen molar-refractivity contribution in [2.45, 2.75) is 47.0 Å². The summed E-state index contributed by atoms with van der Waals surface area (Å²) in [4.78, 5) is 0. The van der Waals surface area contributed by atoms with Gasteiger partial charge in [0.1, 0.15) is 0 Å². The summed E-state index contributed by atoms with van der Waals surface area (Å²) in [6.45, 7) is 12.8. The molecule has 15 heavy (non-hydrogen) atoms. The summed E-state index contributed by atoms with van der Waals surface area (Å²) in [5.74, 6) is 1.19. The van der Waals surface area contributed by atoms with Crippen molar-refractivity contribution in [3.8, 4) is 0 Å². The van der Waals surface area contributed by atoms with E-state index in [4.69, 9.17) is 0 Å². The second-order valence-corrected chi connectivity index (χ2v) is 4.08. The molecule has 0 aliphatic carbocycles. The Balaban J connectivity index is 4.46. The Bertz CT molecular complexity index is 220. The molecule has 0 saturated carbocycles. The highest BCUT2D eigenvalue weighted by Crippen LogP contribution is 2.25. The number of rotatable bonds is 7. The average molecular weight is 206 g/mol. The molecule has 0 saturated heterocycles. The minimum atomic E-state index is 0.589. The molecule has 2 unspecified atom stereocenters. The lowest BCUT2D eigenvalue weighted by atomic mass is 9.85.